The molecule has 210 valence electrons. The Labute approximate surface area is 237 Å². The van der Waals surface area contributed by atoms with Crippen LogP contribution in [0.5, 0.6) is 17.2 Å². The van der Waals surface area contributed by atoms with Gasteiger partial charge in [0.05, 0.1) is 14.2 Å². The number of aromatic amines is 1. The molecule has 0 spiro atoms. The Morgan fingerprint density at radius 1 is 0.925 bits per heavy atom. The molecule has 0 radical (unpaired) electrons. The van der Waals surface area contributed by atoms with Gasteiger partial charge in [0.15, 0.2) is 11.5 Å². The number of fused-ring (bicyclic) bond motifs is 2. The minimum absolute atomic E-state index is 0.339. The maximum Gasteiger partial charge on any atom is 0.161 e. The first-order valence-electron chi connectivity index (χ1n) is 14.7. The third kappa shape index (κ3) is 5.84. The largest absolute Gasteiger partial charge is 0.497 e. The van der Waals surface area contributed by atoms with E-state index in [0.29, 0.717) is 12.6 Å². The number of H-pyrrole nitrogens is 1. The first-order valence-corrected chi connectivity index (χ1v) is 14.7. The second kappa shape index (κ2) is 12.4. The van der Waals surface area contributed by atoms with Gasteiger partial charge < -0.3 is 24.5 Å². The number of methoxy groups -OCH3 is 2. The molecule has 1 fully saturated rings. The molecule has 1 saturated heterocycles. The van der Waals surface area contributed by atoms with Gasteiger partial charge in [-0.1, -0.05) is 30.3 Å². The molecule has 0 aliphatic carbocycles. The van der Waals surface area contributed by atoms with E-state index in [9.17, 15) is 0 Å². The summed E-state index contributed by atoms with van der Waals surface area (Å²) in [7, 11) is 3.48. The zero-order chi connectivity index (χ0) is 27.3. The van der Waals surface area contributed by atoms with E-state index in [-0.39, 0.29) is 0 Å². The zero-order valence-corrected chi connectivity index (χ0v) is 23.7. The van der Waals surface area contributed by atoms with Crippen LogP contribution in [-0.4, -0.2) is 50.3 Å². The predicted molar refractivity (Wildman–Crippen MR) is 161 cm³/mol. The van der Waals surface area contributed by atoms with Crippen molar-refractivity contribution in [1.82, 2.24) is 15.2 Å². The maximum atomic E-state index is 6.29. The summed E-state index contributed by atoms with van der Waals surface area (Å²) >= 11 is 0. The lowest BCUT2D eigenvalue weighted by Crippen LogP contribution is -2.41. The molecule has 40 heavy (non-hydrogen) atoms. The van der Waals surface area contributed by atoms with Crippen LogP contribution < -0.4 is 19.5 Å². The van der Waals surface area contributed by atoms with Gasteiger partial charge in [-0.3, -0.25) is 4.90 Å². The molecule has 1 atom stereocenters. The maximum absolute atomic E-state index is 6.29. The average molecular weight is 540 g/mol. The average Bonchev–Trinajstić information content (AvgIpc) is 3.42. The van der Waals surface area contributed by atoms with Crippen molar-refractivity contribution in [3.05, 3.63) is 89.1 Å². The number of rotatable bonds is 10. The summed E-state index contributed by atoms with van der Waals surface area (Å²) in [5.74, 6) is 3.30. The van der Waals surface area contributed by atoms with Crippen LogP contribution in [-0.2, 0) is 19.4 Å². The minimum atomic E-state index is 0.339. The molecule has 6 rings (SSSR count). The molecule has 0 saturated carbocycles. The Morgan fingerprint density at radius 2 is 1.77 bits per heavy atom. The van der Waals surface area contributed by atoms with Crippen molar-refractivity contribution in [3.63, 3.8) is 0 Å². The summed E-state index contributed by atoms with van der Waals surface area (Å²) in [6, 6.07) is 21.4. The van der Waals surface area contributed by atoms with Crippen molar-refractivity contribution in [2.45, 2.75) is 44.8 Å². The van der Waals surface area contributed by atoms with E-state index in [1.807, 2.05) is 24.3 Å². The highest BCUT2D eigenvalue weighted by Crippen LogP contribution is 2.41. The summed E-state index contributed by atoms with van der Waals surface area (Å²) < 4.78 is 17.7. The van der Waals surface area contributed by atoms with Crippen LogP contribution in [0.2, 0.25) is 0 Å². The first-order chi connectivity index (χ1) is 19.7. The minimum Gasteiger partial charge on any atom is -0.497 e. The lowest BCUT2D eigenvalue weighted by molar-refractivity contribution is 0.135. The van der Waals surface area contributed by atoms with Crippen LogP contribution in [0.4, 0.5) is 0 Å². The van der Waals surface area contributed by atoms with E-state index in [1.165, 1.54) is 34.9 Å². The number of hydrogen-bond acceptors (Lipinski definition) is 5. The normalized spacial score (nSPS) is 18.0. The van der Waals surface area contributed by atoms with E-state index in [1.54, 1.807) is 14.2 Å². The van der Waals surface area contributed by atoms with Gasteiger partial charge >= 0.3 is 0 Å². The third-order valence-corrected chi connectivity index (χ3v) is 8.74. The van der Waals surface area contributed by atoms with E-state index in [0.717, 1.165) is 79.7 Å². The number of nitrogens with zero attached hydrogens (tertiary/aromatic N) is 1. The van der Waals surface area contributed by atoms with E-state index >= 15 is 0 Å². The quantitative estimate of drug-likeness (QED) is 0.248. The van der Waals surface area contributed by atoms with E-state index < -0.39 is 0 Å². The molecular weight excluding hydrogens is 498 g/mol. The van der Waals surface area contributed by atoms with Gasteiger partial charge in [-0.15, -0.1) is 0 Å². The van der Waals surface area contributed by atoms with Crippen molar-refractivity contribution < 1.29 is 14.2 Å². The standard InChI is InChI=1S/C34H41N3O3/c1-38-28-9-10-31-29(19-28)27(21-36-31)8-11-32-30-20-33(39-2)34(40-23-25-6-4-3-5-7-25)18-26(30)14-17-37(32)22-24-12-15-35-16-13-24/h3-7,9-10,18-21,24,32,35-36H,8,11-17,22-23H2,1-2H3. The lowest BCUT2D eigenvalue weighted by atomic mass is 9.86. The smallest absolute Gasteiger partial charge is 0.161 e. The van der Waals surface area contributed by atoms with Crippen molar-refractivity contribution >= 4 is 10.9 Å². The van der Waals surface area contributed by atoms with Crippen LogP contribution in [0.3, 0.4) is 0 Å². The van der Waals surface area contributed by atoms with Crippen LogP contribution in [0, 0.1) is 5.92 Å². The second-order valence-electron chi connectivity index (χ2n) is 11.2. The van der Waals surface area contributed by atoms with Crippen molar-refractivity contribution in [3.8, 4) is 17.2 Å². The Morgan fingerprint density at radius 3 is 2.58 bits per heavy atom. The molecular formula is C34H41N3O3. The number of aryl methyl sites for hydroxylation is 1. The van der Waals surface area contributed by atoms with Gasteiger partial charge in [-0.25, -0.2) is 0 Å². The third-order valence-electron chi connectivity index (χ3n) is 8.74. The van der Waals surface area contributed by atoms with Crippen LogP contribution in [0.25, 0.3) is 10.9 Å². The van der Waals surface area contributed by atoms with Crippen LogP contribution >= 0.6 is 0 Å². The lowest BCUT2D eigenvalue weighted by Gasteiger charge is -2.40. The highest BCUT2D eigenvalue weighted by molar-refractivity contribution is 5.84. The Hall–Kier alpha value is -3.48. The molecule has 2 N–H and O–H groups in total. The van der Waals surface area contributed by atoms with Crippen molar-refractivity contribution in [2.24, 2.45) is 5.92 Å². The Balaban J connectivity index is 1.28. The Bertz CT molecular complexity index is 1410. The monoisotopic (exact) mass is 539 g/mol. The van der Waals surface area contributed by atoms with Crippen LogP contribution in [0.1, 0.15) is 47.6 Å². The van der Waals surface area contributed by atoms with Crippen molar-refractivity contribution in [1.29, 1.82) is 0 Å². The Kier molecular flexibility index (Phi) is 8.26. The van der Waals surface area contributed by atoms with Gasteiger partial charge in [0, 0.05) is 36.2 Å². The SMILES string of the molecule is COc1ccc2[nH]cc(CCC3c4cc(OC)c(OCc5ccccc5)cc4CCN3CC3CCNCC3)c2c1. The summed E-state index contributed by atoms with van der Waals surface area (Å²) in [5.41, 5.74) is 6.44. The van der Waals surface area contributed by atoms with Crippen LogP contribution in [0.15, 0.2) is 66.9 Å². The molecule has 6 nitrogen and oxygen atoms in total. The van der Waals surface area contributed by atoms with E-state index in [2.05, 4.69) is 57.8 Å². The van der Waals surface area contributed by atoms with Gasteiger partial charge in [0.1, 0.15) is 12.4 Å². The van der Waals surface area contributed by atoms with Gasteiger partial charge in [0.2, 0.25) is 0 Å². The highest BCUT2D eigenvalue weighted by Gasteiger charge is 2.31. The molecule has 2 aliphatic rings. The fourth-order valence-electron chi connectivity index (χ4n) is 6.50. The molecule has 2 aliphatic heterocycles. The van der Waals surface area contributed by atoms with Gasteiger partial charge in [-0.05, 0) is 104 Å². The van der Waals surface area contributed by atoms with Gasteiger partial charge in [-0.2, -0.15) is 0 Å². The molecule has 3 aromatic carbocycles. The van der Waals surface area contributed by atoms with Gasteiger partial charge in [0.25, 0.3) is 0 Å². The molecule has 1 aromatic heterocycles. The topological polar surface area (TPSA) is 58.8 Å². The fraction of sp³-hybridized carbons (Fsp3) is 0.412. The summed E-state index contributed by atoms with van der Waals surface area (Å²) in [6.07, 6.45) is 7.77. The highest BCUT2D eigenvalue weighted by atomic mass is 16.5. The molecule has 0 bridgehead atoms. The molecule has 4 aromatic rings. The van der Waals surface area contributed by atoms with Crippen molar-refractivity contribution in [2.75, 3.05) is 40.4 Å². The summed E-state index contributed by atoms with van der Waals surface area (Å²) in [6.45, 7) is 5.03. The molecule has 1 unspecified atom stereocenters. The predicted octanol–water partition coefficient (Wildman–Crippen LogP) is 6.30. The number of ether oxygens (including phenoxy) is 3. The molecule has 3 heterocycles. The van der Waals surface area contributed by atoms with E-state index in [4.69, 9.17) is 14.2 Å². The fourth-order valence-corrected chi connectivity index (χ4v) is 6.50. The molecule has 0 amide bonds. The number of nitrogens with one attached hydrogen (secondary N) is 2. The first kappa shape index (κ1) is 26.7. The zero-order valence-electron chi connectivity index (χ0n) is 23.7. The summed E-state index contributed by atoms with van der Waals surface area (Å²) in [4.78, 5) is 6.21. The number of hydrogen-bond donors (Lipinski definition) is 2. The number of benzene rings is 3. The summed E-state index contributed by atoms with van der Waals surface area (Å²) in [5, 5.41) is 4.78. The second-order valence-corrected chi connectivity index (χ2v) is 11.2. The number of aromatic nitrogens is 1. The molecule has 6 heteroatoms. The number of piperidine rings is 1.